The number of H-pyrrole nitrogens is 1. The van der Waals surface area contributed by atoms with Gasteiger partial charge in [-0.15, -0.1) is 0 Å². The molecule has 0 spiro atoms. The maximum absolute atomic E-state index is 8.86. The molecule has 0 radical (unpaired) electrons. The first-order valence-electron chi connectivity index (χ1n) is 4.94. The van der Waals surface area contributed by atoms with Crippen LogP contribution in [0.4, 0.5) is 0 Å². The van der Waals surface area contributed by atoms with Crippen LogP contribution in [-0.4, -0.2) is 20.4 Å². The van der Waals surface area contributed by atoms with E-state index < -0.39 is 0 Å². The topological polar surface area (TPSA) is 48.4 Å². The molecule has 3 nitrogen and oxygen atoms in total. The molecule has 0 unspecified atom stereocenters. The molecule has 0 atom stereocenters. The van der Waals surface area contributed by atoms with Crippen LogP contribution >= 0.6 is 23.5 Å². The van der Waals surface area contributed by atoms with E-state index in [0.29, 0.717) is 6.54 Å². The summed E-state index contributed by atoms with van der Waals surface area (Å²) in [5.74, 6) is 0.0847. The van der Waals surface area contributed by atoms with Crippen molar-refractivity contribution in [1.82, 2.24) is 4.98 Å². The smallest absolute Gasteiger partial charge is 0.133 e. The van der Waals surface area contributed by atoms with Gasteiger partial charge < -0.3 is 10.1 Å². The molecule has 16 heavy (non-hydrogen) atoms. The molecule has 1 aromatic heterocycles. The molecule has 1 aromatic carbocycles. The number of aromatic amines is 1. The molecule has 0 bridgehead atoms. The Hall–Kier alpha value is -0.910. The number of hydrogen-bond acceptors (Lipinski definition) is 4. The highest BCUT2D eigenvalue weighted by atomic mass is 32.2. The minimum Gasteiger partial charge on any atom is -0.385 e. The van der Waals surface area contributed by atoms with Gasteiger partial charge in [-0.1, -0.05) is 30.0 Å². The molecule has 3 rings (SSSR count). The number of benzene rings is 1. The van der Waals surface area contributed by atoms with Gasteiger partial charge in [-0.2, -0.15) is 0 Å². The molecule has 5 heteroatoms. The van der Waals surface area contributed by atoms with Gasteiger partial charge >= 0.3 is 0 Å². The quantitative estimate of drug-likeness (QED) is 0.765. The molecule has 0 saturated carbocycles. The average molecular weight is 250 g/mol. The fourth-order valence-corrected chi connectivity index (χ4v) is 3.49. The van der Waals surface area contributed by atoms with E-state index in [4.69, 9.17) is 5.11 Å². The molecule has 82 valence electrons. The maximum Gasteiger partial charge on any atom is 0.133 e. The van der Waals surface area contributed by atoms with E-state index in [0.717, 1.165) is 14.9 Å². The van der Waals surface area contributed by atoms with Gasteiger partial charge in [0.15, 0.2) is 0 Å². The molecular formula is C11H10N2OS2. The molecule has 2 aromatic rings. The van der Waals surface area contributed by atoms with Crippen LogP contribution < -0.4 is 0 Å². The number of rotatable bonds is 1. The van der Waals surface area contributed by atoms with Crippen molar-refractivity contribution in [3.05, 3.63) is 29.8 Å². The third-order valence-electron chi connectivity index (χ3n) is 2.52. The molecule has 0 fully saturated rings. The zero-order chi connectivity index (χ0) is 11.0. The molecule has 1 aliphatic heterocycles. The molecule has 0 saturated heterocycles. The Labute approximate surface area is 101 Å². The number of thioether (sulfide) groups is 2. The SMILES string of the molecule is OCSC1=NCc2c([nH]c3ccccc23)S1. The molecule has 1 aliphatic rings. The van der Waals surface area contributed by atoms with E-state index in [-0.39, 0.29) is 5.94 Å². The standard InChI is InChI=1S/C11H10N2OS2/c14-6-15-11-12-5-8-7-3-1-2-4-9(7)13-10(8)16-11/h1-4,13-14H,5-6H2. The summed E-state index contributed by atoms with van der Waals surface area (Å²) >= 11 is 2.98. The predicted molar refractivity (Wildman–Crippen MR) is 70.0 cm³/mol. The van der Waals surface area contributed by atoms with Gasteiger partial charge in [0, 0.05) is 16.5 Å². The summed E-state index contributed by atoms with van der Waals surface area (Å²) < 4.78 is 0.932. The van der Waals surface area contributed by atoms with Crippen LogP contribution in [0.25, 0.3) is 10.9 Å². The molecule has 0 aliphatic carbocycles. The summed E-state index contributed by atoms with van der Waals surface area (Å²) in [7, 11) is 0. The summed E-state index contributed by atoms with van der Waals surface area (Å²) in [4.78, 5) is 7.84. The Morgan fingerprint density at radius 2 is 2.31 bits per heavy atom. The van der Waals surface area contributed by atoms with Crippen molar-refractivity contribution in [3.8, 4) is 0 Å². The summed E-state index contributed by atoms with van der Waals surface area (Å²) in [6.07, 6.45) is 0. The first kappa shape index (κ1) is 10.3. The number of aromatic nitrogens is 1. The lowest BCUT2D eigenvalue weighted by Gasteiger charge is -2.10. The van der Waals surface area contributed by atoms with Crippen molar-refractivity contribution < 1.29 is 5.11 Å². The van der Waals surface area contributed by atoms with Gasteiger partial charge in [0.25, 0.3) is 0 Å². The lowest BCUT2D eigenvalue weighted by molar-refractivity contribution is 0.376. The highest BCUT2D eigenvalue weighted by Crippen LogP contribution is 2.37. The predicted octanol–water partition coefficient (Wildman–Crippen LogP) is 2.81. The van der Waals surface area contributed by atoms with Crippen LogP contribution in [0.5, 0.6) is 0 Å². The van der Waals surface area contributed by atoms with E-state index in [1.54, 1.807) is 11.8 Å². The van der Waals surface area contributed by atoms with Gasteiger partial charge in [-0.05, 0) is 17.8 Å². The number of fused-ring (bicyclic) bond motifs is 3. The summed E-state index contributed by atoms with van der Waals surface area (Å²) in [6, 6.07) is 8.26. The Morgan fingerprint density at radius 1 is 1.44 bits per heavy atom. The van der Waals surface area contributed by atoms with Crippen molar-refractivity contribution in [2.45, 2.75) is 11.6 Å². The monoisotopic (exact) mass is 250 g/mol. The van der Waals surface area contributed by atoms with Crippen molar-refractivity contribution in [2.24, 2.45) is 4.99 Å². The van der Waals surface area contributed by atoms with Crippen molar-refractivity contribution in [3.63, 3.8) is 0 Å². The van der Waals surface area contributed by atoms with Gasteiger partial charge in [0.1, 0.15) is 4.38 Å². The lowest BCUT2D eigenvalue weighted by Crippen LogP contribution is -1.97. The van der Waals surface area contributed by atoms with Crippen LogP contribution in [0.1, 0.15) is 5.56 Å². The van der Waals surface area contributed by atoms with Crippen molar-refractivity contribution in [2.75, 3.05) is 5.94 Å². The third kappa shape index (κ3) is 1.65. The number of aliphatic hydroxyl groups is 1. The molecule has 2 N–H and O–H groups in total. The summed E-state index contributed by atoms with van der Waals surface area (Å²) in [5.41, 5.74) is 2.42. The normalized spacial score (nSPS) is 14.9. The van der Waals surface area contributed by atoms with Crippen LogP contribution in [-0.2, 0) is 6.54 Å². The molecule has 2 heterocycles. The fourth-order valence-electron chi connectivity index (χ4n) is 1.81. The number of aliphatic hydroxyl groups excluding tert-OH is 1. The van der Waals surface area contributed by atoms with Crippen molar-refractivity contribution in [1.29, 1.82) is 0 Å². The average Bonchev–Trinajstić information content (AvgIpc) is 2.67. The van der Waals surface area contributed by atoms with E-state index >= 15 is 0 Å². The van der Waals surface area contributed by atoms with Gasteiger partial charge in [-0.3, -0.25) is 4.99 Å². The van der Waals surface area contributed by atoms with Crippen molar-refractivity contribution >= 4 is 38.8 Å². The lowest BCUT2D eigenvalue weighted by atomic mass is 10.2. The Balaban J connectivity index is 2.03. The third-order valence-corrected chi connectivity index (χ3v) is 4.48. The minimum absolute atomic E-state index is 0.0847. The van der Waals surface area contributed by atoms with E-state index in [1.165, 1.54) is 22.7 Å². The van der Waals surface area contributed by atoms with Gasteiger partial charge in [0.2, 0.25) is 0 Å². The number of nitrogens with one attached hydrogen (secondary N) is 1. The summed E-state index contributed by atoms with van der Waals surface area (Å²) in [5, 5.41) is 11.3. The Kier molecular flexibility index (Phi) is 2.67. The van der Waals surface area contributed by atoms with Gasteiger partial charge in [-0.25, -0.2) is 0 Å². The Bertz CT molecular complexity index is 562. The second-order valence-electron chi connectivity index (χ2n) is 3.44. The minimum atomic E-state index is 0.0847. The van der Waals surface area contributed by atoms with Crippen LogP contribution in [0.15, 0.2) is 34.3 Å². The first-order valence-corrected chi connectivity index (χ1v) is 6.74. The van der Waals surface area contributed by atoms with Crippen LogP contribution in [0.3, 0.4) is 0 Å². The zero-order valence-electron chi connectivity index (χ0n) is 8.43. The van der Waals surface area contributed by atoms with Gasteiger partial charge in [0.05, 0.1) is 17.5 Å². The second-order valence-corrected chi connectivity index (χ2v) is 5.63. The first-order chi connectivity index (χ1) is 7.88. The number of nitrogens with zero attached hydrogens (tertiary/aromatic N) is 1. The highest BCUT2D eigenvalue weighted by molar-refractivity contribution is 8.38. The van der Waals surface area contributed by atoms with E-state index in [9.17, 15) is 0 Å². The van der Waals surface area contributed by atoms with Crippen LogP contribution in [0, 0.1) is 0 Å². The fraction of sp³-hybridized carbons (Fsp3) is 0.182. The summed E-state index contributed by atoms with van der Waals surface area (Å²) in [6.45, 7) is 0.703. The number of aliphatic imine (C=N–C) groups is 1. The number of para-hydroxylation sites is 1. The largest absolute Gasteiger partial charge is 0.385 e. The van der Waals surface area contributed by atoms with Crippen LogP contribution in [0.2, 0.25) is 0 Å². The molecular weight excluding hydrogens is 240 g/mol. The Morgan fingerprint density at radius 3 is 3.19 bits per heavy atom. The number of hydrogen-bond donors (Lipinski definition) is 2. The second kappa shape index (κ2) is 4.16. The zero-order valence-corrected chi connectivity index (χ0v) is 10.1. The highest BCUT2D eigenvalue weighted by Gasteiger charge is 2.18. The van der Waals surface area contributed by atoms with E-state index in [2.05, 4.69) is 22.1 Å². The van der Waals surface area contributed by atoms with E-state index in [1.807, 2.05) is 12.1 Å². The molecule has 0 amide bonds. The maximum atomic E-state index is 8.86.